The van der Waals surface area contributed by atoms with Crippen molar-refractivity contribution < 1.29 is 4.74 Å². The van der Waals surface area contributed by atoms with Crippen molar-refractivity contribution in [3.05, 3.63) is 29.8 Å². The fraction of sp³-hybridized carbons (Fsp3) is 0.647. The van der Waals surface area contributed by atoms with Crippen molar-refractivity contribution in [3.8, 4) is 5.75 Å². The molecule has 1 unspecified atom stereocenters. The first kappa shape index (κ1) is 15.3. The lowest BCUT2D eigenvalue weighted by Crippen LogP contribution is -2.39. The SMILES string of the molecule is CCN(CC(NC)c1ccc(OC)cc1)C1CCCC1. The molecule has 1 fully saturated rings. The maximum atomic E-state index is 5.24. The predicted octanol–water partition coefficient (Wildman–Crippen LogP) is 3.22. The molecule has 0 aliphatic heterocycles. The van der Waals surface area contributed by atoms with E-state index in [1.807, 2.05) is 12.1 Å². The lowest BCUT2D eigenvalue weighted by Gasteiger charge is -2.31. The molecule has 0 bridgehead atoms. The van der Waals surface area contributed by atoms with Crippen LogP contribution in [0, 0.1) is 0 Å². The van der Waals surface area contributed by atoms with Gasteiger partial charge in [-0.3, -0.25) is 4.90 Å². The van der Waals surface area contributed by atoms with E-state index in [2.05, 4.69) is 36.3 Å². The van der Waals surface area contributed by atoms with Gasteiger partial charge < -0.3 is 10.1 Å². The molecule has 2 rings (SSSR count). The van der Waals surface area contributed by atoms with Gasteiger partial charge in [0.1, 0.15) is 5.75 Å². The monoisotopic (exact) mass is 276 g/mol. The van der Waals surface area contributed by atoms with Crippen LogP contribution in [0.4, 0.5) is 0 Å². The molecule has 0 aromatic heterocycles. The van der Waals surface area contributed by atoms with Gasteiger partial charge in [-0.15, -0.1) is 0 Å². The summed E-state index contributed by atoms with van der Waals surface area (Å²) < 4.78 is 5.24. The minimum atomic E-state index is 0.390. The van der Waals surface area contributed by atoms with E-state index in [4.69, 9.17) is 4.74 Å². The third-order valence-corrected chi connectivity index (χ3v) is 4.53. The number of likely N-dealkylation sites (N-methyl/N-ethyl adjacent to an activating group) is 2. The number of rotatable bonds is 7. The van der Waals surface area contributed by atoms with Crippen LogP contribution in [0.5, 0.6) is 5.75 Å². The Bertz CT molecular complexity index is 384. The minimum Gasteiger partial charge on any atom is -0.497 e. The van der Waals surface area contributed by atoms with Crippen molar-refractivity contribution in [2.24, 2.45) is 0 Å². The van der Waals surface area contributed by atoms with E-state index in [0.29, 0.717) is 6.04 Å². The molecule has 0 radical (unpaired) electrons. The second-order valence-electron chi connectivity index (χ2n) is 5.64. The average molecular weight is 276 g/mol. The molecule has 1 aromatic rings. The number of nitrogens with zero attached hydrogens (tertiary/aromatic N) is 1. The molecule has 0 spiro atoms. The van der Waals surface area contributed by atoms with Gasteiger partial charge in [0, 0.05) is 18.6 Å². The molecule has 1 aliphatic carbocycles. The molecule has 1 aromatic carbocycles. The molecule has 20 heavy (non-hydrogen) atoms. The van der Waals surface area contributed by atoms with Gasteiger partial charge in [0.2, 0.25) is 0 Å². The van der Waals surface area contributed by atoms with Crippen LogP contribution in [0.2, 0.25) is 0 Å². The molecule has 1 N–H and O–H groups in total. The summed E-state index contributed by atoms with van der Waals surface area (Å²) >= 11 is 0. The lowest BCUT2D eigenvalue weighted by atomic mass is 10.0. The Balaban J connectivity index is 2.02. The number of nitrogens with one attached hydrogen (secondary N) is 1. The Morgan fingerprint density at radius 1 is 1.25 bits per heavy atom. The summed E-state index contributed by atoms with van der Waals surface area (Å²) in [6.07, 6.45) is 5.53. The molecule has 0 heterocycles. The van der Waals surface area contributed by atoms with Crippen molar-refractivity contribution in [1.29, 1.82) is 0 Å². The molecule has 0 amide bonds. The van der Waals surface area contributed by atoms with E-state index >= 15 is 0 Å². The number of benzene rings is 1. The molecule has 3 nitrogen and oxygen atoms in total. The number of hydrogen-bond acceptors (Lipinski definition) is 3. The first-order chi connectivity index (χ1) is 9.78. The normalized spacial score (nSPS) is 17.6. The van der Waals surface area contributed by atoms with Gasteiger partial charge in [-0.1, -0.05) is 31.9 Å². The predicted molar refractivity (Wildman–Crippen MR) is 84.3 cm³/mol. The Hall–Kier alpha value is -1.06. The number of ether oxygens (including phenoxy) is 1. The largest absolute Gasteiger partial charge is 0.497 e. The smallest absolute Gasteiger partial charge is 0.118 e. The van der Waals surface area contributed by atoms with Gasteiger partial charge in [-0.2, -0.15) is 0 Å². The van der Waals surface area contributed by atoms with Gasteiger partial charge in [0.05, 0.1) is 7.11 Å². The molecule has 1 aliphatic rings. The maximum absolute atomic E-state index is 5.24. The summed E-state index contributed by atoms with van der Waals surface area (Å²) in [5.74, 6) is 0.923. The fourth-order valence-electron chi connectivity index (χ4n) is 3.24. The summed E-state index contributed by atoms with van der Waals surface area (Å²) in [5.41, 5.74) is 1.34. The van der Waals surface area contributed by atoms with Crippen molar-refractivity contribution in [3.63, 3.8) is 0 Å². The maximum Gasteiger partial charge on any atom is 0.118 e. The number of methoxy groups -OCH3 is 1. The third kappa shape index (κ3) is 3.74. The van der Waals surface area contributed by atoms with E-state index in [1.54, 1.807) is 7.11 Å². The second-order valence-corrected chi connectivity index (χ2v) is 5.64. The van der Waals surface area contributed by atoms with Crippen LogP contribution < -0.4 is 10.1 Å². The Labute approximate surface area is 123 Å². The first-order valence-corrected chi connectivity index (χ1v) is 7.83. The van der Waals surface area contributed by atoms with Crippen molar-refractivity contribution >= 4 is 0 Å². The first-order valence-electron chi connectivity index (χ1n) is 7.83. The minimum absolute atomic E-state index is 0.390. The van der Waals surface area contributed by atoms with Crippen LogP contribution in [0.15, 0.2) is 24.3 Å². The molecule has 3 heteroatoms. The summed E-state index contributed by atoms with van der Waals surface area (Å²) in [5, 5.41) is 3.46. The lowest BCUT2D eigenvalue weighted by molar-refractivity contribution is 0.189. The van der Waals surface area contributed by atoms with Crippen LogP contribution in [-0.4, -0.2) is 38.2 Å². The van der Waals surface area contributed by atoms with Crippen LogP contribution in [0.3, 0.4) is 0 Å². The Morgan fingerprint density at radius 3 is 2.40 bits per heavy atom. The molecular weight excluding hydrogens is 248 g/mol. The highest BCUT2D eigenvalue weighted by molar-refractivity contribution is 5.29. The zero-order valence-electron chi connectivity index (χ0n) is 13.1. The van der Waals surface area contributed by atoms with Crippen molar-refractivity contribution in [1.82, 2.24) is 10.2 Å². The van der Waals surface area contributed by atoms with Crippen LogP contribution >= 0.6 is 0 Å². The summed E-state index contributed by atoms with van der Waals surface area (Å²) in [4.78, 5) is 2.64. The van der Waals surface area contributed by atoms with E-state index in [0.717, 1.165) is 24.9 Å². The third-order valence-electron chi connectivity index (χ3n) is 4.53. The van der Waals surface area contributed by atoms with E-state index < -0.39 is 0 Å². The topological polar surface area (TPSA) is 24.5 Å². The van der Waals surface area contributed by atoms with Gasteiger partial charge in [-0.05, 0) is 44.1 Å². The molecule has 112 valence electrons. The van der Waals surface area contributed by atoms with Crippen molar-refractivity contribution in [2.75, 3.05) is 27.2 Å². The Morgan fingerprint density at radius 2 is 1.90 bits per heavy atom. The zero-order chi connectivity index (χ0) is 14.4. The van der Waals surface area contributed by atoms with Crippen LogP contribution in [0.1, 0.15) is 44.2 Å². The molecule has 1 saturated carbocycles. The average Bonchev–Trinajstić information content (AvgIpc) is 3.03. The fourth-order valence-corrected chi connectivity index (χ4v) is 3.24. The molecule has 1 atom stereocenters. The highest BCUT2D eigenvalue weighted by Gasteiger charge is 2.23. The van der Waals surface area contributed by atoms with Gasteiger partial charge in [0.15, 0.2) is 0 Å². The van der Waals surface area contributed by atoms with E-state index in [1.165, 1.54) is 31.2 Å². The van der Waals surface area contributed by atoms with Crippen LogP contribution in [0.25, 0.3) is 0 Å². The highest BCUT2D eigenvalue weighted by atomic mass is 16.5. The van der Waals surface area contributed by atoms with Gasteiger partial charge >= 0.3 is 0 Å². The van der Waals surface area contributed by atoms with Crippen molar-refractivity contribution in [2.45, 2.75) is 44.7 Å². The van der Waals surface area contributed by atoms with Crippen LogP contribution in [-0.2, 0) is 0 Å². The number of hydrogen-bond donors (Lipinski definition) is 1. The van der Waals surface area contributed by atoms with E-state index in [-0.39, 0.29) is 0 Å². The van der Waals surface area contributed by atoms with Gasteiger partial charge in [0.25, 0.3) is 0 Å². The Kier molecular flexibility index (Phi) is 5.86. The zero-order valence-corrected chi connectivity index (χ0v) is 13.1. The summed E-state index contributed by atoms with van der Waals surface area (Å²) in [6, 6.07) is 9.61. The summed E-state index contributed by atoms with van der Waals surface area (Å²) in [7, 11) is 3.76. The summed E-state index contributed by atoms with van der Waals surface area (Å²) in [6.45, 7) is 4.50. The standard InChI is InChI=1S/C17H28N2O/c1-4-19(15-7-5-6-8-15)13-17(18-2)14-9-11-16(20-3)12-10-14/h9-12,15,17-18H,4-8,13H2,1-3H3. The second kappa shape index (κ2) is 7.65. The quantitative estimate of drug-likeness (QED) is 0.827. The molecule has 0 saturated heterocycles. The van der Waals surface area contributed by atoms with Gasteiger partial charge in [-0.25, -0.2) is 0 Å². The highest BCUT2D eigenvalue weighted by Crippen LogP contribution is 2.26. The molecular formula is C17H28N2O. The van der Waals surface area contributed by atoms with E-state index in [9.17, 15) is 0 Å².